The third-order valence-corrected chi connectivity index (χ3v) is 3.41. The average molecular weight is 267 g/mol. The monoisotopic (exact) mass is 267 g/mol. The van der Waals surface area contributed by atoms with Crippen molar-refractivity contribution in [3.8, 4) is 5.75 Å². The number of aromatic hydroxyl groups is 1. The van der Waals surface area contributed by atoms with Crippen molar-refractivity contribution in [2.24, 2.45) is 0 Å². The van der Waals surface area contributed by atoms with E-state index < -0.39 is 5.82 Å². The van der Waals surface area contributed by atoms with Gasteiger partial charge in [0.15, 0.2) is 5.78 Å². The molecule has 0 amide bonds. The molecule has 0 aromatic heterocycles. The number of carbonyl (C=O) groups is 1. The van der Waals surface area contributed by atoms with Crippen molar-refractivity contribution >= 4 is 5.78 Å². The molecule has 0 saturated carbocycles. The number of phenols is 1. The van der Waals surface area contributed by atoms with Gasteiger partial charge in [0.1, 0.15) is 11.6 Å². The second kappa shape index (κ2) is 5.27. The molecule has 0 atom stereocenters. The van der Waals surface area contributed by atoms with Gasteiger partial charge in [-0.15, -0.1) is 0 Å². The molecule has 0 radical (unpaired) electrons. The Morgan fingerprint density at radius 1 is 1.53 bits per heavy atom. The van der Waals surface area contributed by atoms with Crippen LogP contribution in [0.3, 0.4) is 0 Å². The quantitative estimate of drug-likeness (QED) is 0.849. The lowest BCUT2D eigenvalue weighted by Gasteiger charge is -2.41. The molecule has 2 rings (SSSR count). The van der Waals surface area contributed by atoms with E-state index in [-0.39, 0.29) is 29.2 Å². The zero-order valence-corrected chi connectivity index (χ0v) is 11.1. The topological polar surface area (TPSA) is 49.8 Å². The summed E-state index contributed by atoms with van der Waals surface area (Å²) in [5, 5.41) is 9.63. The van der Waals surface area contributed by atoms with E-state index in [1.807, 2.05) is 18.7 Å². The molecule has 5 heteroatoms. The van der Waals surface area contributed by atoms with Crippen molar-refractivity contribution in [1.82, 2.24) is 4.90 Å². The first-order valence-corrected chi connectivity index (χ1v) is 6.25. The molecule has 1 aliphatic heterocycles. The largest absolute Gasteiger partial charge is 0.507 e. The Morgan fingerprint density at radius 2 is 2.26 bits per heavy atom. The van der Waals surface area contributed by atoms with Crippen molar-refractivity contribution in [3.63, 3.8) is 0 Å². The third-order valence-electron chi connectivity index (χ3n) is 3.41. The van der Waals surface area contributed by atoms with Crippen LogP contribution in [0.25, 0.3) is 0 Å². The Bertz CT molecular complexity index is 488. The van der Waals surface area contributed by atoms with Gasteiger partial charge in [0.2, 0.25) is 0 Å². The first kappa shape index (κ1) is 14.0. The van der Waals surface area contributed by atoms with Crippen molar-refractivity contribution in [3.05, 3.63) is 29.6 Å². The number of halogens is 1. The summed E-state index contributed by atoms with van der Waals surface area (Å²) in [7, 11) is 0. The van der Waals surface area contributed by atoms with Gasteiger partial charge in [-0.1, -0.05) is 0 Å². The smallest absolute Gasteiger partial charge is 0.180 e. The minimum Gasteiger partial charge on any atom is -0.507 e. The van der Waals surface area contributed by atoms with Gasteiger partial charge in [-0.05, 0) is 32.0 Å². The zero-order valence-electron chi connectivity index (χ0n) is 11.1. The van der Waals surface area contributed by atoms with Crippen molar-refractivity contribution in [2.45, 2.75) is 19.4 Å². The minimum atomic E-state index is -0.526. The molecular weight excluding hydrogens is 249 g/mol. The molecule has 1 aliphatic rings. The van der Waals surface area contributed by atoms with E-state index in [1.165, 1.54) is 6.07 Å². The Morgan fingerprint density at radius 3 is 2.95 bits per heavy atom. The number of carbonyl (C=O) groups excluding carboxylic acids is 1. The summed E-state index contributed by atoms with van der Waals surface area (Å²) in [6, 6.07) is 3.41. The molecule has 104 valence electrons. The highest BCUT2D eigenvalue weighted by atomic mass is 19.1. The van der Waals surface area contributed by atoms with Crippen molar-refractivity contribution in [1.29, 1.82) is 0 Å². The van der Waals surface area contributed by atoms with Crippen molar-refractivity contribution in [2.75, 3.05) is 26.3 Å². The summed E-state index contributed by atoms with van der Waals surface area (Å²) < 4.78 is 18.5. The van der Waals surface area contributed by atoms with E-state index in [9.17, 15) is 14.3 Å². The summed E-state index contributed by atoms with van der Waals surface area (Å²) in [5.74, 6) is -0.994. The fourth-order valence-electron chi connectivity index (χ4n) is 2.17. The predicted octanol–water partition coefficient (Wildman–Crippen LogP) is 1.82. The summed E-state index contributed by atoms with van der Waals surface area (Å²) in [6.45, 7) is 5.90. The van der Waals surface area contributed by atoms with E-state index in [2.05, 4.69) is 0 Å². The lowest BCUT2D eigenvalue weighted by atomic mass is 10.0. The highest BCUT2D eigenvalue weighted by molar-refractivity contribution is 6.00. The van der Waals surface area contributed by atoms with E-state index in [0.29, 0.717) is 19.8 Å². The molecule has 1 heterocycles. The summed E-state index contributed by atoms with van der Waals surface area (Å²) >= 11 is 0. The maximum Gasteiger partial charge on any atom is 0.180 e. The van der Waals surface area contributed by atoms with Crippen LogP contribution in [-0.4, -0.2) is 47.6 Å². The van der Waals surface area contributed by atoms with Crippen LogP contribution in [0.4, 0.5) is 4.39 Å². The molecule has 1 aromatic carbocycles. The first-order valence-electron chi connectivity index (χ1n) is 6.25. The first-order chi connectivity index (χ1) is 8.90. The van der Waals surface area contributed by atoms with E-state index >= 15 is 0 Å². The number of Topliss-reactive ketones (excluding diaryl/α,β-unsaturated/α-hetero) is 1. The SMILES string of the molecule is CC1(C)COCCN1CC(=O)c1cc(F)ccc1O. The fourth-order valence-corrected chi connectivity index (χ4v) is 2.17. The molecule has 1 fully saturated rings. The van der Waals surface area contributed by atoms with Crippen LogP contribution in [-0.2, 0) is 4.74 Å². The fraction of sp³-hybridized carbons (Fsp3) is 0.500. The number of benzene rings is 1. The van der Waals surface area contributed by atoms with Crippen molar-refractivity contribution < 1.29 is 19.0 Å². The van der Waals surface area contributed by atoms with E-state index in [1.54, 1.807) is 0 Å². The van der Waals surface area contributed by atoms with Gasteiger partial charge in [-0.2, -0.15) is 0 Å². The number of nitrogens with zero attached hydrogens (tertiary/aromatic N) is 1. The van der Waals surface area contributed by atoms with Gasteiger partial charge in [0.05, 0.1) is 25.3 Å². The Labute approximate surface area is 111 Å². The van der Waals surface area contributed by atoms with Crippen LogP contribution >= 0.6 is 0 Å². The molecule has 0 aliphatic carbocycles. The standard InChI is InChI=1S/C14H18FNO3/c1-14(2)9-19-6-5-16(14)8-13(18)11-7-10(15)3-4-12(11)17/h3-4,7,17H,5-6,8-9H2,1-2H3. The predicted molar refractivity (Wildman–Crippen MR) is 68.9 cm³/mol. The minimum absolute atomic E-state index is 0.0299. The Balaban J connectivity index is 2.14. The summed E-state index contributed by atoms with van der Waals surface area (Å²) in [6.07, 6.45) is 0. The third kappa shape index (κ3) is 3.11. The maximum atomic E-state index is 13.1. The number of phenolic OH excluding ortho intramolecular Hbond substituents is 1. The van der Waals surface area contributed by atoms with Gasteiger partial charge in [-0.25, -0.2) is 4.39 Å². The summed E-state index contributed by atoms with van der Waals surface area (Å²) in [4.78, 5) is 14.2. The summed E-state index contributed by atoms with van der Waals surface area (Å²) in [5.41, 5.74) is -0.209. The zero-order chi connectivity index (χ0) is 14.0. The maximum absolute atomic E-state index is 13.1. The molecule has 1 aromatic rings. The van der Waals surface area contributed by atoms with Crippen LogP contribution in [0.5, 0.6) is 5.75 Å². The lowest BCUT2D eigenvalue weighted by Crippen LogP contribution is -2.54. The molecule has 19 heavy (non-hydrogen) atoms. The molecule has 0 unspecified atom stereocenters. The highest BCUT2D eigenvalue weighted by Crippen LogP contribution is 2.22. The van der Waals surface area contributed by atoms with Gasteiger partial charge in [0.25, 0.3) is 0 Å². The molecular formula is C14H18FNO3. The second-order valence-corrected chi connectivity index (χ2v) is 5.37. The lowest BCUT2D eigenvalue weighted by molar-refractivity contribution is -0.0467. The van der Waals surface area contributed by atoms with Gasteiger partial charge in [-0.3, -0.25) is 9.69 Å². The average Bonchev–Trinajstić information content (AvgIpc) is 2.34. The van der Waals surface area contributed by atoms with Crippen LogP contribution in [0.1, 0.15) is 24.2 Å². The van der Waals surface area contributed by atoms with Crippen LogP contribution in [0.2, 0.25) is 0 Å². The van der Waals surface area contributed by atoms with Crippen LogP contribution in [0.15, 0.2) is 18.2 Å². The number of morpholine rings is 1. The Kier molecular flexibility index (Phi) is 3.87. The number of ether oxygens (including phenoxy) is 1. The Hall–Kier alpha value is -1.46. The van der Waals surface area contributed by atoms with Gasteiger partial charge >= 0.3 is 0 Å². The van der Waals surface area contributed by atoms with Crippen LogP contribution in [0, 0.1) is 5.82 Å². The number of rotatable bonds is 3. The highest BCUT2D eigenvalue weighted by Gasteiger charge is 2.32. The normalized spacial score (nSPS) is 19.3. The molecule has 1 N–H and O–H groups in total. The van der Waals surface area contributed by atoms with Gasteiger partial charge in [0, 0.05) is 12.1 Å². The number of ketones is 1. The van der Waals surface area contributed by atoms with Crippen LogP contribution < -0.4 is 0 Å². The van der Waals surface area contributed by atoms with E-state index in [4.69, 9.17) is 4.74 Å². The molecule has 0 spiro atoms. The number of hydrogen-bond acceptors (Lipinski definition) is 4. The molecule has 0 bridgehead atoms. The number of hydrogen-bond donors (Lipinski definition) is 1. The second-order valence-electron chi connectivity index (χ2n) is 5.37. The molecule has 1 saturated heterocycles. The van der Waals surface area contributed by atoms with Gasteiger partial charge < -0.3 is 9.84 Å². The van der Waals surface area contributed by atoms with E-state index in [0.717, 1.165) is 12.1 Å². The molecule has 4 nitrogen and oxygen atoms in total.